The number of aromatic nitrogens is 1. The van der Waals surface area contributed by atoms with Gasteiger partial charge in [-0.05, 0) is 49.4 Å². The molecule has 3 atom stereocenters. The SMILES string of the molecule is CNC(c1cnccc1C)C1CC1C. The van der Waals surface area contributed by atoms with E-state index in [1.807, 2.05) is 19.4 Å². The smallest absolute Gasteiger partial charge is 0.0366 e. The fourth-order valence-corrected chi connectivity index (χ4v) is 2.22. The molecule has 1 aliphatic carbocycles. The van der Waals surface area contributed by atoms with E-state index in [9.17, 15) is 0 Å². The third-order valence-electron chi connectivity index (χ3n) is 3.33. The number of aryl methyl sites for hydroxylation is 1. The van der Waals surface area contributed by atoms with E-state index in [4.69, 9.17) is 0 Å². The summed E-state index contributed by atoms with van der Waals surface area (Å²) in [5.41, 5.74) is 2.71. The highest BCUT2D eigenvalue weighted by Gasteiger charge is 2.39. The van der Waals surface area contributed by atoms with Crippen LogP contribution in [0.25, 0.3) is 0 Å². The average molecular weight is 190 g/mol. The van der Waals surface area contributed by atoms with Gasteiger partial charge in [0, 0.05) is 18.4 Å². The Morgan fingerprint density at radius 2 is 2.29 bits per heavy atom. The largest absolute Gasteiger partial charge is 0.313 e. The van der Waals surface area contributed by atoms with Crippen molar-refractivity contribution in [1.29, 1.82) is 0 Å². The zero-order valence-corrected chi connectivity index (χ0v) is 9.12. The minimum Gasteiger partial charge on any atom is -0.313 e. The normalized spacial score (nSPS) is 27.4. The first-order chi connectivity index (χ1) is 6.74. The fourth-order valence-electron chi connectivity index (χ4n) is 2.22. The Bertz CT molecular complexity index is 322. The maximum atomic E-state index is 4.21. The number of nitrogens with one attached hydrogen (secondary N) is 1. The van der Waals surface area contributed by atoms with Gasteiger partial charge in [0.25, 0.3) is 0 Å². The molecule has 3 unspecified atom stereocenters. The quantitative estimate of drug-likeness (QED) is 0.791. The van der Waals surface area contributed by atoms with Crippen LogP contribution < -0.4 is 5.32 Å². The van der Waals surface area contributed by atoms with Gasteiger partial charge in [-0.15, -0.1) is 0 Å². The van der Waals surface area contributed by atoms with E-state index in [0.29, 0.717) is 6.04 Å². The molecule has 0 spiro atoms. The molecule has 0 bridgehead atoms. The molecule has 0 amide bonds. The molecule has 1 aromatic heterocycles. The van der Waals surface area contributed by atoms with Crippen LogP contribution in [-0.4, -0.2) is 12.0 Å². The number of hydrogen-bond acceptors (Lipinski definition) is 2. The molecule has 2 heteroatoms. The molecule has 14 heavy (non-hydrogen) atoms. The van der Waals surface area contributed by atoms with Gasteiger partial charge in [0.1, 0.15) is 0 Å². The minimum atomic E-state index is 0.499. The molecule has 1 heterocycles. The Labute approximate surface area is 85.7 Å². The van der Waals surface area contributed by atoms with Crippen molar-refractivity contribution in [3.05, 3.63) is 29.6 Å². The van der Waals surface area contributed by atoms with E-state index in [1.54, 1.807) is 0 Å². The van der Waals surface area contributed by atoms with E-state index >= 15 is 0 Å². The van der Waals surface area contributed by atoms with Crippen molar-refractivity contribution < 1.29 is 0 Å². The van der Waals surface area contributed by atoms with Crippen molar-refractivity contribution in [3.8, 4) is 0 Å². The molecule has 1 aliphatic rings. The van der Waals surface area contributed by atoms with E-state index in [-0.39, 0.29) is 0 Å². The minimum absolute atomic E-state index is 0.499. The number of rotatable bonds is 3. The lowest BCUT2D eigenvalue weighted by Gasteiger charge is -2.18. The summed E-state index contributed by atoms with van der Waals surface area (Å²) in [5.74, 6) is 1.68. The van der Waals surface area contributed by atoms with Crippen LogP contribution in [0.4, 0.5) is 0 Å². The first-order valence-corrected chi connectivity index (χ1v) is 5.31. The third kappa shape index (κ3) is 1.67. The van der Waals surface area contributed by atoms with Crippen LogP contribution in [0.5, 0.6) is 0 Å². The zero-order valence-electron chi connectivity index (χ0n) is 9.12. The lowest BCUT2D eigenvalue weighted by atomic mass is 9.99. The van der Waals surface area contributed by atoms with Gasteiger partial charge >= 0.3 is 0 Å². The van der Waals surface area contributed by atoms with Crippen molar-refractivity contribution >= 4 is 0 Å². The average Bonchev–Trinajstić information content (AvgIpc) is 2.88. The monoisotopic (exact) mass is 190 g/mol. The summed E-state index contributed by atoms with van der Waals surface area (Å²) < 4.78 is 0. The molecule has 0 saturated heterocycles. The first-order valence-electron chi connectivity index (χ1n) is 5.31. The van der Waals surface area contributed by atoms with Crippen molar-refractivity contribution in [2.45, 2.75) is 26.3 Å². The Balaban J connectivity index is 2.23. The maximum absolute atomic E-state index is 4.21. The summed E-state index contributed by atoms with van der Waals surface area (Å²) in [6.07, 6.45) is 5.21. The standard InChI is InChI=1S/C12H18N2/c1-8-4-5-14-7-11(8)12(13-3)10-6-9(10)2/h4-5,7,9-10,12-13H,6H2,1-3H3. The van der Waals surface area contributed by atoms with Crippen LogP contribution in [0.1, 0.15) is 30.5 Å². The molecule has 0 aromatic carbocycles. The lowest BCUT2D eigenvalue weighted by molar-refractivity contribution is 0.500. The predicted molar refractivity (Wildman–Crippen MR) is 58.0 cm³/mol. The van der Waals surface area contributed by atoms with Gasteiger partial charge < -0.3 is 5.32 Å². The van der Waals surface area contributed by atoms with Gasteiger partial charge in [-0.1, -0.05) is 6.92 Å². The highest BCUT2D eigenvalue weighted by molar-refractivity contribution is 5.27. The summed E-state index contributed by atoms with van der Waals surface area (Å²) in [6.45, 7) is 4.48. The summed E-state index contributed by atoms with van der Waals surface area (Å²) in [6, 6.07) is 2.59. The number of hydrogen-bond donors (Lipinski definition) is 1. The molecule has 0 aliphatic heterocycles. The van der Waals surface area contributed by atoms with Crippen LogP contribution in [-0.2, 0) is 0 Å². The van der Waals surface area contributed by atoms with Gasteiger partial charge in [0.15, 0.2) is 0 Å². The predicted octanol–water partition coefficient (Wildman–Crippen LogP) is 2.31. The highest BCUT2D eigenvalue weighted by Crippen LogP contribution is 2.47. The van der Waals surface area contributed by atoms with Crippen molar-refractivity contribution in [2.24, 2.45) is 11.8 Å². The summed E-state index contributed by atoms with van der Waals surface area (Å²) in [7, 11) is 2.04. The first kappa shape index (κ1) is 9.66. The summed E-state index contributed by atoms with van der Waals surface area (Å²) >= 11 is 0. The van der Waals surface area contributed by atoms with E-state index in [0.717, 1.165) is 11.8 Å². The summed E-state index contributed by atoms with van der Waals surface area (Å²) in [5, 5.41) is 3.41. The number of pyridine rings is 1. The lowest BCUT2D eigenvalue weighted by Crippen LogP contribution is -2.20. The Hall–Kier alpha value is -0.890. The second-order valence-corrected chi connectivity index (χ2v) is 4.38. The Kier molecular flexibility index (Phi) is 2.55. The fraction of sp³-hybridized carbons (Fsp3) is 0.583. The van der Waals surface area contributed by atoms with Gasteiger partial charge in [0.2, 0.25) is 0 Å². The summed E-state index contributed by atoms with van der Waals surface area (Å²) in [4.78, 5) is 4.21. The van der Waals surface area contributed by atoms with Gasteiger partial charge in [0.05, 0.1) is 0 Å². The van der Waals surface area contributed by atoms with Crippen molar-refractivity contribution in [1.82, 2.24) is 10.3 Å². The van der Waals surface area contributed by atoms with Gasteiger partial charge in [-0.25, -0.2) is 0 Å². The van der Waals surface area contributed by atoms with Crippen molar-refractivity contribution in [2.75, 3.05) is 7.05 Å². The highest BCUT2D eigenvalue weighted by atomic mass is 14.9. The van der Waals surface area contributed by atoms with Gasteiger partial charge in [-0.2, -0.15) is 0 Å². The topological polar surface area (TPSA) is 24.9 Å². The van der Waals surface area contributed by atoms with Crippen LogP contribution in [0.3, 0.4) is 0 Å². The van der Waals surface area contributed by atoms with E-state index < -0.39 is 0 Å². The second kappa shape index (κ2) is 3.70. The van der Waals surface area contributed by atoms with Crippen LogP contribution in [0.15, 0.2) is 18.5 Å². The molecule has 1 saturated carbocycles. The molecule has 2 rings (SSSR count). The Morgan fingerprint density at radius 3 is 2.79 bits per heavy atom. The molecule has 76 valence electrons. The third-order valence-corrected chi connectivity index (χ3v) is 3.33. The van der Waals surface area contributed by atoms with Crippen molar-refractivity contribution in [3.63, 3.8) is 0 Å². The molecule has 1 N–H and O–H groups in total. The molecular formula is C12H18N2. The van der Waals surface area contributed by atoms with E-state index in [2.05, 4.69) is 30.2 Å². The number of nitrogens with zero attached hydrogens (tertiary/aromatic N) is 1. The molecule has 1 fully saturated rings. The maximum Gasteiger partial charge on any atom is 0.0366 e. The zero-order chi connectivity index (χ0) is 10.1. The van der Waals surface area contributed by atoms with Crippen LogP contribution in [0, 0.1) is 18.8 Å². The Morgan fingerprint density at radius 1 is 1.57 bits per heavy atom. The molecule has 0 radical (unpaired) electrons. The molecule has 2 nitrogen and oxygen atoms in total. The van der Waals surface area contributed by atoms with E-state index in [1.165, 1.54) is 17.5 Å². The molecular weight excluding hydrogens is 172 g/mol. The molecule has 1 aromatic rings. The second-order valence-electron chi connectivity index (χ2n) is 4.38. The van der Waals surface area contributed by atoms with Crippen LogP contribution in [0.2, 0.25) is 0 Å². The van der Waals surface area contributed by atoms with Gasteiger partial charge in [-0.3, -0.25) is 4.98 Å². The van der Waals surface area contributed by atoms with Crippen LogP contribution >= 0.6 is 0 Å².